The van der Waals surface area contributed by atoms with E-state index in [1.165, 1.54) is 0 Å². The Morgan fingerprint density at radius 3 is 2.42 bits per heavy atom. The lowest BCUT2D eigenvalue weighted by Gasteiger charge is -2.26. The minimum absolute atomic E-state index is 0.237. The topological polar surface area (TPSA) is 56.8 Å². The second-order valence-electron chi connectivity index (χ2n) is 5.71. The summed E-state index contributed by atoms with van der Waals surface area (Å²) in [6, 6.07) is 13.2. The Bertz CT molecular complexity index is 715. The van der Waals surface area contributed by atoms with Gasteiger partial charge in [-0.15, -0.1) is 0 Å². The summed E-state index contributed by atoms with van der Waals surface area (Å²) in [5, 5.41) is 3.23. The van der Waals surface area contributed by atoms with Gasteiger partial charge >= 0.3 is 5.97 Å². The zero-order valence-corrected chi connectivity index (χ0v) is 13.9. The number of esters is 1. The van der Waals surface area contributed by atoms with Gasteiger partial charge in [-0.05, 0) is 35.2 Å². The van der Waals surface area contributed by atoms with Crippen molar-refractivity contribution in [2.24, 2.45) is 0 Å². The van der Waals surface area contributed by atoms with Crippen molar-refractivity contribution in [1.29, 1.82) is 0 Å². The maximum absolute atomic E-state index is 12.3. The molecule has 0 radical (unpaired) electrons. The van der Waals surface area contributed by atoms with Crippen LogP contribution in [0.2, 0.25) is 0 Å². The van der Waals surface area contributed by atoms with Crippen LogP contribution in [-0.4, -0.2) is 26.2 Å². The summed E-state index contributed by atoms with van der Waals surface area (Å²) in [5.41, 5.74) is 3.17. The van der Waals surface area contributed by atoms with Gasteiger partial charge in [0, 0.05) is 6.54 Å². The number of carbonyl (C=O) groups is 1. The van der Waals surface area contributed by atoms with Gasteiger partial charge in [0.05, 0.1) is 14.2 Å². The van der Waals surface area contributed by atoms with E-state index >= 15 is 0 Å². The predicted molar refractivity (Wildman–Crippen MR) is 90.1 cm³/mol. The zero-order valence-electron chi connectivity index (χ0n) is 13.9. The molecule has 5 nitrogen and oxygen atoms in total. The highest BCUT2D eigenvalue weighted by molar-refractivity contribution is 5.77. The molecule has 1 aliphatic rings. The molecule has 126 valence electrons. The fourth-order valence-corrected chi connectivity index (χ4v) is 2.84. The van der Waals surface area contributed by atoms with E-state index in [1.807, 2.05) is 42.5 Å². The predicted octanol–water partition coefficient (Wildman–Crippen LogP) is 2.46. The second-order valence-corrected chi connectivity index (χ2v) is 5.71. The highest BCUT2D eigenvalue weighted by Crippen LogP contribution is 2.32. The lowest BCUT2D eigenvalue weighted by Crippen LogP contribution is -2.42. The molecule has 1 atom stereocenters. The van der Waals surface area contributed by atoms with E-state index in [-0.39, 0.29) is 18.6 Å². The van der Waals surface area contributed by atoms with Crippen molar-refractivity contribution >= 4 is 5.97 Å². The van der Waals surface area contributed by atoms with Crippen LogP contribution in [-0.2, 0) is 29.1 Å². The van der Waals surface area contributed by atoms with Gasteiger partial charge < -0.3 is 19.5 Å². The number of fused-ring (bicyclic) bond motifs is 1. The lowest BCUT2D eigenvalue weighted by molar-refractivity contribution is -0.147. The minimum atomic E-state index is -0.348. The summed E-state index contributed by atoms with van der Waals surface area (Å²) in [7, 11) is 3.22. The first kappa shape index (κ1) is 16.3. The minimum Gasteiger partial charge on any atom is -0.493 e. The third-order valence-electron chi connectivity index (χ3n) is 4.18. The molecule has 0 amide bonds. The maximum Gasteiger partial charge on any atom is 0.323 e. The molecule has 0 aliphatic carbocycles. The molecule has 1 heterocycles. The molecule has 0 aromatic heterocycles. The molecule has 24 heavy (non-hydrogen) atoms. The Kier molecular flexibility index (Phi) is 5.01. The van der Waals surface area contributed by atoms with E-state index in [0.29, 0.717) is 24.5 Å². The van der Waals surface area contributed by atoms with Gasteiger partial charge in [-0.2, -0.15) is 0 Å². The highest BCUT2D eigenvalue weighted by atomic mass is 16.5. The third-order valence-corrected chi connectivity index (χ3v) is 4.18. The quantitative estimate of drug-likeness (QED) is 0.855. The number of methoxy groups -OCH3 is 2. The average molecular weight is 327 g/mol. The summed E-state index contributed by atoms with van der Waals surface area (Å²) >= 11 is 0. The third kappa shape index (κ3) is 3.51. The van der Waals surface area contributed by atoms with Crippen LogP contribution in [0.25, 0.3) is 0 Å². The van der Waals surface area contributed by atoms with Crippen LogP contribution in [0.15, 0.2) is 42.5 Å². The zero-order chi connectivity index (χ0) is 16.9. The van der Waals surface area contributed by atoms with Crippen molar-refractivity contribution in [3.8, 4) is 11.5 Å². The normalized spacial score (nSPS) is 16.2. The summed E-state index contributed by atoms with van der Waals surface area (Å²) in [6.45, 7) is 0.886. The molecular formula is C19H21NO4. The Morgan fingerprint density at radius 1 is 1.08 bits per heavy atom. The molecule has 5 heteroatoms. The van der Waals surface area contributed by atoms with Crippen molar-refractivity contribution in [1.82, 2.24) is 5.32 Å². The Labute approximate surface area is 141 Å². The summed E-state index contributed by atoms with van der Waals surface area (Å²) in [5.74, 6) is 1.14. The van der Waals surface area contributed by atoms with Crippen LogP contribution in [0.5, 0.6) is 11.5 Å². The van der Waals surface area contributed by atoms with Gasteiger partial charge in [0.25, 0.3) is 0 Å². The first-order valence-corrected chi connectivity index (χ1v) is 7.89. The Balaban J connectivity index is 1.66. The first-order valence-electron chi connectivity index (χ1n) is 7.89. The standard InChI is InChI=1S/C19H21NO4/c1-22-17-9-14-8-16(20-11-15(14)10-18(17)23-2)19(21)24-12-13-6-4-3-5-7-13/h3-7,9-10,16,20H,8,11-12H2,1-2H3/t16-/m0/s1. The van der Waals surface area contributed by atoms with E-state index < -0.39 is 0 Å². The average Bonchev–Trinajstić information content (AvgIpc) is 2.65. The fourth-order valence-electron chi connectivity index (χ4n) is 2.84. The number of hydrogen-bond donors (Lipinski definition) is 1. The lowest BCUT2D eigenvalue weighted by atomic mass is 9.95. The highest BCUT2D eigenvalue weighted by Gasteiger charge is 2.26. The van der Waals surface area contributed by atoms with Gasteiger partial charge in [0.15, 0.2) is 11.5 Å². The maximum atomic E-state index is 12.3. The van der Waals surface area contributed by atoms with E-state index in [9.17, 15) is 4.79 Å². The van der Waals surface area contributed by atoms with Gasteiger partial charge in [0.1, 0.15) is 12.6 Å². The number of carbonyl (C=O) groups excluding carboxylic acids is 1. The van der Waals surface area contributed by atoms with Gasteiger partial charge in [-0.1, -0.05) is 30.3 Å². The van der Waals surface area contributed by atoms with Crippen molar-refractivity contribution in [2.45, 2.75) is 25.6 Å². The molecule has 0 saturated carbocycles. The van der Waals surface area contributed by atoms with Crippen LogP contribution in [0.3, 0.4) is 0 Å². The van der Waals surface area contributed by atoms with Crippen molar-refractivity contribution < 1.29 is 19.0 Å². The molecule has 1 N–H and O–H groups in total. The summed E-state index contributed by atoms with van der Waals surface area (Å²) in [4.78, 5) is 12.3. The second kappa shape index (κ2) is 7.36. The number of nitrogens with one attached hydrogen (secondary N) is 1. The van der Waals surface area contributed by atoms with Crippen molar-refractivity contribution in [3.05, 3.63) is 59.2 Å². The molecular weight excluding hydrogens is 306 g/mol. The van der Waals surface area contributed by atoms with Crippen LogP contribution >= 0.6 is 0 Å². The van der Waals surface area contributed by atoms with Crippen LogP contribution < -0.4 is 14.8 Å². The van der Waals surface area contributed by atoms with E-state index in [1.54, 1.807) is 14.2 Å². The molecule has 0 fully saturated rings. The Morgan fingerprint density at radius 2 is 1.75 bits per heavy atom. The van der Waals surface area contributed by atoms with Crippen molar-refractivity contribution in [2.75, 3.05) is 14.2 Å². The number of ether oxygens (including phenoxy) is 3. The fraction of sp³-hybridized carbons (Fsp3) is 0.316. The van der Waals surface area contributed by atoms with Crippen LogP contribution in [0.4, 0.5) is 0 Å². The summed E-state index contributed by atoms with van der Waals surface area (Å²) < 4.78 is 16.1. The number of rotatable bonds is 5. The van der Waals surface area contributed by atoms with Gasteiger partial charge in [-0.25, -0.2) is 0 Å². The number of benzene rings is 2. The van der Waals surface area contributed by atoms with Crippen molar-refractivity contribution in [3.63, 3.8) is 0 Å². The molecule has 3 rings (SSSR count). The molecule has 0 bridgehead atoms. The summed E-state index contributed by atoms with van der Waals surface area (Å²) in [6.07, 6.45) is 0.573. The van der Waals surface area contributed by atoms with Gasteiger partial charge in [0.2, 0.25) is 0 Å². The first-order chi connectivity index (χ1) is 11.7. The van der Waals surface area contributed by atoms with Crippen LogP contribution in [0, 0.1) is 0 Å². The molecule has 1 aliphatic heterocycles. The Hall–Kier alpha value is -2.53. The van der Waals surface area contributed by atoms with Gasteiger partial charge in [-0.3, -0.25) is 4.79 Å². The molecule has 0 saturated heterocycles. The number of hydrogen-bond acceptors (Lipinski definition) is 5. The molecule has 2 aromatic carbocycles. The van der Waals surface area contributed by atoms with E-state index in [4.69, 9.17) is 14.2 Å². The SMILES string of the molecule is COc1cc2c(cc1OC)C[C@@H](C(=O)OCc1ccccc1)NC2. The van der Waals surface area contributed by atoms with E-state index in [0.717, 1.165) is 16.7 Å². The largest absolute Gasteiger partial charge is 0.493 e. The van der Waals surface area contributed by atoms with Crippen LogP contribution in [0.1, 0.15) is 16.7 Å². The monoisotopic (exact) mass is 327 g/mol. The molecule has 2 aromatic rings. The molecule has 0 spiro atoms. The molecule has 0 unspecified atom stereocenters. The van der Waals surface area contributed by atoms with E-state index in [2.05, 4.69) is 5.32 Å². The smallest absolute Gasteiger partial charge is 0.323 e.